The molecule has 0 spiro atoms. The number of hydrogen-bond donors (Lipinski definition) is 8. The molecule has 6 saturated carbocycles. The van der Waals surface area contributed by atoms with Gasteiger partial charge in [-0.1, -0.05) is 210 Å². The first-order chi connectivity index (χ1) is 56.9. The third-order valence-electron chi connectivity index (χ3n) is 23.2. The number of nitrogens with one attached hydrogen (secondary N) is 1. The summed E-state index contributed by atoms with van der Waals surface area (Å²) >= 11 is 0. The molecule has 0 saturated heterocycles. The quantitative estimate of drug-likeness (QED) is 0.0146. The molecule has 15 heteroatoms. The molecule has 0 amide bonds. The summed E-state index contributed by atoms with van der Waals surface area (Å²) in [6.45, 7) is 16.4. The number of rotatable bonds is 32. The van der Waals surface area contributed by atoms with Gasteiger partial charge in [-0.15, -0.1) is 0 Å². The largest absolute Gasteiger partial charge is 0.493 e. The van der Waals surface area contributed by atoms with Crippen molar-refractivity contribution < 1.29 is 68.6 Å². The molecule has 6 fully saturated rings. The van der Waals surface area contributed by atoms with Crippen LogP contribution in [0, 0.1) is 58.6 Å². The normalized spacial score (nSPS) is 20.7. The monoisotopic (exact) mass is 1610 g/mol. The molecule has 646 valence electrons. The van der Waals surface area contributed by atoms with Crippen molar-refractivity contribution in [3.63, 3.8) is 0 Å². The van der Waals surface area contributed by atoms with Crippen molar-refractivity contribution in [3.8, 4) is 46.3 Å². The van der Waals surface area contributed by atoms with Crippen LogP contribution in [-0.2, 0) is 0 Å². The van der Waals surface area contributed by atoms with E-state index in [-0.39, 0.29) is 24.1 Å². The van der Waals surface area contributed by atoms with E-state index in [1.165, 1.54) is 102 Å². The Morgan fingerprint density at radius 2 is 0.718 bits per heavy atom. The van der Waals surface area contributed by atoms with Crippen molar-refractivity contribution >= 4 is 11.8 Å². The molecule has 6 aliphatic carbocycles. The lowest BCUT2D eigenvalue weighted by atomic mass is 9.88. The maximum Gasteiger partial charge on any atom is 0.127 e. The van der Waals surface area contributed by atoms with E-state index in [1.807, 2.05) is 140 Å². The Balaban J connectivity index is 0.000000194. The molecule has 0 aromatic heterocycles. The molecular formula is C102H148FNO13. The topological polar surface area (TPSA) is 221 Å². The number of ether oxygens (including phenoxy) is 6. The molecule has 14 nitrogen and oxygen atoms in total. The van der Waals surface area contributed by atoms with Crippen molar-refractivity contribution in [1.29, 1.82) is 5.41 Å². The summed E-state index contributed by atoms with van der Waals surface area (Å²) in [7, 11) is 0. The SMILES string of the molecule is CC(=N)CC(O)c1cccc(OCC2CCCCC2)c1.CC/C=C/c1cc(F)cc(OCC2CCCCC2)c1.CCC#Cc1cccc(OCC2CCCCC2)c1.CCC[C@@H](O)c1cccc(OC[C@@H]2CCC[C@@H](O)C2)c1.CCC[C@@H](O)c1cccc(OC[C@@H]2CCC[C@H](O)C2)c1.CCC[C@@H](O)c1cccc(OC[C@H]2CCC[C@@H](O)C2)c1. The Kier molecular flexibility index (Phi) is 47.2. The van der Waals surface area contributed by atoms with Crippen molar-refractivity contribution in [2.24, 2.45) is 35.5 Å². The van der Waals surface area contributed by atoms with E-state index in [4.69, 9.17) is 33.8 Å². The number of hydrogen-bond acceptors (Lipinski definition) is 14. The first-order valence-electron chi connectivity index (χ1n) is 45.4. The molecule has 0 radical (unpaired) electrons. The number of halogens is 1. The zero-order valence-electron chi connectivity index (χ0n) is 72.1. The summed E-state index contributed by atoms with van der Waals surface area (Å²) < 4.78 is 48.6. The highest BCUT2D eigenvalue weighted by Crippen LogP contribution is 2.34. The van der Waals surface area contributed by atoms with Crippen molar-refractivity contribution in [1.82, 2.24) is 0 Å². The van der Waals surface area contributed by atoms with Crippen molar-refractivity contribution in [2.45, 2.75) is 315 Å². The van der Waals surface area contributed by atoms with Crippen LogP contribution in [0.25, 0.3) is 6.08 Å². The second-order valence-corrected chi connectivity index (χ2v) is 33.9. The maximum atomic E-state index is 13.5. The lowest BCUT2D eigenvalue weighted by Crippen LogP contribution is -2.24. The fraction of sp³-hybridized carbons (Fsp3) is 0.598. The van der Waals surface area contributed by atoms with Crippen LogP contribution >= 0.6 is 0 Å². The standard InChI is InChI=1S/C17H23FO.C17H25NO2.3C17H26O3.C17H22O/c1-2-3-7-15-10-16(18)12-17(11-15)19-13-14-8-5-4-6-9-14;1-13(18)10-17(19)15-8-5-9-16(11-15)20-12-14-6-3-2-4-7-14;3*1-2-5-17(19)14-7-4-9-16(11-14)20-12-13-6-3-8-15(18)10-13;1-2-3-8-15-11-7-12-17(13-15)18-14-16-9-5-4-6-10-16/h3,7,10-12,14H,2,4-6,8-9,13H2,1H3;5,8-9,11,14,17-19H,2-4,6-7,10,12H2,1H3;3*4,7,9,11,13,15,17-19H,2-3,5-6,8,10,12H2,1H3;7,11-13,16H,2,4-6,9-10,14H2,1H3/b7-3+;;;;;/t;;13-,15+,17+;13-,15+,17-;13-,15-,17-;/m..011./s1. The average molecular weight is 1620 g/mol. The van der Waals surface area contributed by atoms with Gasteiger partial charge in [0.25, 0.3) is 0 Å². The van der Waals surface area contributed by atoms with Gasteiger partial charge in [0.15, 0.2) is 0 Å². The summed E-state index contributed by atoms with van der Waals surface area (Å²) in [5.41, 5.74) is 6.02. The second-order valence-electron chi connectivity index (χ2n) is 33.9. The van der Waals surface area contributed by atoms with Gasteiger partial charge in [0, 0.05) is 30.2 Å². The molecule has 6 aliphatic rings. The van der Waals surface area contributed by atoms with Gasteiger partial charge >= 0.3 is 0 Å². The van der Waals surface area contributed by atoms with E-state index < -0.39 is 24.4 Å². The Bertz CT molecular complexity index is 3560. The Morgan fingerprint density at radius 3 is 1.05 bits per heavy atom. The van der Waals surface area contributed by atoms with Gasteiger partial charge in [-0.05, 0) is 271 Å². The van der Waals surface area contributed by atoms with Crippen molar-refractivity contribution in [2.75, 3.05) is 39.6 Å². The van der Waals surface area contributed by atoms with Crippen LogP contribution in [-0.4, -0.2) is 99.4 Å². The highest BCUT2D eigenvalue weighted by molar-refractivity contribution is 5.79. The molecule has 0 bridgehead atoms. The number of allylic oxidation sites excluding steroid dienone is 1. The fourth-order valence-corrected chi connectivity index (χ4v) is 16.4. The minimum Gasteiger partial charge on any atom is -0.493 e. The summed E-state index contributed by atoms with van der Waals surface area (Å²) in [5, 5.41) is 76.5. The van der Waals surface area contributed by atoms with Gasteiger partial charge in [0.1, 0.15) is 40.3 Å². The predicted molar refractivity (Wildman–Crippen MR) is 474 cm³/mol. The molecule has 0 aliphatic heterocycles. The average Bonchev–Trinajstić information content (AvgIpc) is 0.890. The summed E-state index contributed by atoms with van der Waals surface area (Å²) in [5.74, 6) is 14.3. The molecule has 1 unspecified atom stereocenters. The summed E-state index contributed by atoms with van der Waals surface area (Å²) in [4.78, 5) is 0. The summed E-state index contributed by atoms with van der Waals surface area (Å²) in [6, 6.07) is 43.9. The second kappa shape index (κ2) is 57.1. The molecular weight excluding hydrogens is 1470 g/mol. The number of aliphatic hydroxyl groups is 7. The molecule has 8 N–H and O–H groups in total. The minimum absolute atomic E-state index is 0.157. The zero-order valence-corrected chi connectivity index (χ0v) is 72.1. The van der Waals surface area contributed by atoms with E-state index >= 15 is 0 Å². The van der Waals surface area contributed by atoms with Crippen LogP contribution in [0.2, 0.25) is 0 Å². The number of aliphatic hydroxyl groups excluding tert-OH is 7. The predicted octanol–water partition coefficient (Wildman–Crippen LogP) is 24.1. The maximum absolute atomic E-state index is 13.5. The van der Waals surface area contributed by atoms with Gasteiger partial charge in [-0.25, -0.2) is 4.39 Å². The van der Waals surface area contributed by atoms with Crippen LogP contribution in [0.5, 0.6) is 34.5 Å². The fourth-order valence-electron chi connectivity index (χ4n) is 16.4. The molecule has 117 heavy (non-hydrogen) atoms. The van der Waals surface area contributed by atoms with Crippen LogP contribution in [0.3, 0.4) is 0 Å². The molecule has 6 aromatic carbocycles. The Morgan fingerprint density at radius 1 is 0.393 bits per heavy atom. The third-order valence-corrected chi connectivity index (χ3v) is 23.2. The zero-order chi connectivity index (χ0) is 83.6. The first-order valence-corrected chi connectivity index (χ1v) is 45.4. The minimum atomic E-state index is -0.606. The van der Waals surface area contributed by atoms with Crippen LogP contribution in [0.4, 0.5) is 4.39 Å². The van der Waals surface area contributed by atoms with Crippen LogP contribution in [0.1, 0.15) is 330 Å². The molecule has 12 rings (SSSR count). The van der Waals surface area contributed by atoms with Gasteiger partial charge < -0.3 is 69.6 Å². The van der Waals surface area contributed by atoms with Crippen LogP contribution in [0.15, 0.2) is 146 Å². The van der Waals surface area contributed by atoms with Gasteiger partial charge in [-0.3, -0.25) is 0 Å². The van der Waals surface area contributed by atoms with Gasteiger partial charge in [0.05, 0.1) is 82.4 Å². The highest BCUT2D eigenvalue weighted by atomic mass is 19.1. The van der Waals surface area contributed by atoms with E-state index in [0.29, 0.717) is 67.3 Å². The number of benzene rings is 6. The van der Waals surface area contributed by atoms with Crippen molar-refractivity contribution in [3.05, 3.63) is 185 Å². The van der Waals surface area contributed by atoms with E-state index in [0.717, 1.165) is 216 Å². The summed E-state index contributed by atoms with van der Waals surface area (Å²) in [6.07, 6.45) is 40.9. The van der Waals surface area contributed by atoms with Gasteiger partial charge in [-0.2, -0.15) is 0 Å². The Hall–Kier alpha value is -7.26. The molecule has 0 heterocycles. The lowest BCUT2D eigenvalue weighted by molar-refractivity contribution is 0.0807. The van der Waals surface area contributed by atoms with E-state index in [1.54, 1.807) is 13.0 Å². The Labute approximate surface area is 703 Å². The highest BCUT2D eigenvalue weighted by Gasteiger charge is 2.25. The van der Waals surface area contributed by atoms with Crippen LogP contribution < -0.4 is 28.4 Å². The van der Waals surface area contributed by atoms with E-state index in [9.17, 15) is 40.1 Å². The van der Waals surface area contributed by atoms with E-state index in [2.05, 4.69) is 46.5 Å². The lowest BCUT2D eigenvalue weighted by Gasteiger charge is -2.25. The smallest absolute Gasteiger partial charge is 0.127 e. The van der Waals surface area contributed by atoms with Gasteiger partial charge in [0.2, 0.25) is 0 Å². The first kappa shape index (κ1) is 96.9. The molecule has 6 aromatic rings. The third kappa shape index (κ3) is 40.1. The molecule has 10 atom stereocenters.